The third-order valence-corrected chi connectivity index (χ3v) is 4.65. The van der Waals surface area contributed by atoms with Crippen LogP contribution in [0.2, 0.25) is 0 Å². The van der Waals surface area contributed by atoms with Gasteiger partial charge in [-0.25, -0.2) is 0 Å². The lowest BCUT2D eigenvalue weighted by Gasteiger charge is -2.26. The smallest absolute Gasteiger partial charge is 0.310 e. The highest BCUT2D eigenvalue weighted by molar-refractivity contribution is 5.82. The van der Waals surface area contributed by atoms with Gasteiger partial charge in [0.05, 0.1) is 25.0 Å². The van der Waals surface area contributed by atoms with Crippen molar-refractivity contribution in [1.82, 2.24) is 0 Å². The molecule has 0 aromatic heterocycles. The van der Waals surface area contributed by atoms with Gasteiger partial charge in [0, 0.05) is 0 Å². The zero-order valence-corrected chi connectivity index (χ0v) is 14.9. The Morgan fingerprint density at radius 1 is 0.957 bits per heavy atom. The second-order valence-electron chi connectivity index (χ2n) is 6.34. The van der Waals surface area contributed by atoms with Crippen molar-refractivity contribution in [3.8, 4) is 0 Å². The van der Waals surface area contributed by atoms with Crippen LogP contribution in [0, 0.1) is 17.8 Å². The summed E-state index contributed by atoms with van der Waals surface area (Å²) in [4.78, 5) is 24.6. The van der Waals surface area contributed by atoms with Gasteiger partial charge in [0.15, 0.2) is 0 Å². The summed E-state index contributed by atoms with van der Waals surface area (Å²) < 4.78 is 10.8. The van der Waals surface area contributed by atoms with Crippen molar-refractivity contribution in [2.75, 3.05) is 13.2 Å². The average molecular weight is 324 g/mol. The number of hydrogen-bond donors (Lipinski definition) is 0. The molecule has 1 aliphatic rings. The summed E-state index contributed by atoms with van der Waals surface area (Å²) in [5.74, 6) is -0.895. The molecule has 0 bridgehead atoms. The lowest BCUT2D eigenvalue weighted by Crippen LogP contribution is -2.34. The number of ether oxygens (including phenoxy) is 2. The summed E-state index contributed by atoms with van der Waals surface area (Å²) in [5.41, 5.74) is 0. The molecule has 0 aromatic rings. The molecule has 2 atom stereocenters. The Morgan fingerprint density at radius 3 is 2.04 bits per heavy atom. The van der Waals surface area contributed by atoms with Crippen molar-refractivity contribution in [3.05, 3.63) is 12.2 Å². The fourth-order valence-corrected chi connectivity index (χ4v) is 2.80. The highest BCUT2D eigenvalue weighted by Crippen LogP contribution is 2.28. The monoisotopic (exact) mass is 324 g/mol. The minimum Gasteiger partial charge on any atom is -0.465 e. The molecule has 4 nitrogen and oxygen atoms in total. The van der Waals surface area contributed by atoms with Gasteiger partial charge in [-0.2, -0.15) is 0 Å². The van der Waals surface area contributed by atoms with Gasteiger partial charge in [0.25, 0.3) is 0 Å². The largest absolute Gasteiger partial charge is 0.465 e. The fraction of sp³-hybridized carbons (Fsp3) is 0.789. The Balaban J connectivity index is 2.51. The van der Waals surface area contributed by atoms with Crippen LogP contribution in [0.25, 0.3) is 0 Å². The van der Waals surface area contributed by atoms with Crippen LogP contribution in [0.3, 0.4) is 0 Å². The zero-order valence-electron chi connectivity index (χ0n) is 14.9. The standard InChI is InChI=1S/C19H32O4/c1-4-7-10-13-22-18(20)16-11-8-9-12-17(16)19(21)23-14-15(5-2)6-3/h8-9,15-17H,4-7,10-14H2,1-3H3. The summed E-state index contributed by atoms with van der Waals surface area (Å²) in [6.07, 6.45) is 10.1. The Labute approximate surface area is 140 Å². The summed E-state index contributed by atoms with van der Waals surface area (Å²) in [7, 11) is 0. The van der Waals surface area contributed by atoms with E-state index in [0.717, 1.165) is 32.1 Å². The first-order valence-electron chi connectivity index (χ1n) is 9.12. The molecule has 0 fully saturated rings. The van der Waals surface area contributed by atoms with E-state index >= 15 is 0 Å². The van der Waals surface area contributed by atoms with Crippen molar-refractivity contribution in [2.45, 2.75) is 65.7 Å². The molecule has 2 unspecified atom stereocenters. The number of esters is 2. The summed E-state index contributed by atoms with van der Waals surface area (Å²) in [6, 6.07) is 0. The van der Waals surface area contributed by atoms with Crippen LogP contribution in [0.5, 0.6) is 0 Å². The molecule has 0 N–H and O–H groups in total. The number of rotatable bonds is 10. The minimum absolute atomic E-state index is 0.253. The highest BCUT2D eigenvalue weighted by Gasteiger charge is 2.36. The maximum atomic E-state index is 12.4. The van der Waals surface area contributed by atoms with E-state index < -0.39 is 11.8 Å². The van der Waals surface area contributed by atoms with Crippen molar-refractivity contribution in [1.29, 1.82) is 0 Å². The molecule has 0 saturated heterocycles. The first-order valence-corrected chi connectivity index (χ1v) is 9.12. The Morgan fingerprint density at radius 2 is 1.52 bits per heavy atom. The Kier molecular flexibility index (Phi) is 9.65. The number of allylic oxidation sites excluding steroid dienone is 2. The van der Waals surface area contributed by atoms with Crippen LogP contribution in [0.1, 0.15) is 65.7 Å². The van der Waals surface area contributed by atoms with Crippen LogP contribution in [0.4, 0.5) is 0 Å². The first kappa shape index (κ1) is 19.7. The van der Waals surface area contributed by atoms with Crippen LogP contribution < -0.4 is 0 Å². The predicted octanol–water partition coefficient (Wildman–Crippen LogP) is 4.28. The topological polar surface area (TPSA) is 52.6 Å². The van der Waals surface area contributed by atoms with E-state index in [9.17, 15) is 9.59 Å². The summed E-state index contributed by atoms with van der Waals surface area (Å²) in [5, 5.41) is 0. The van der Waals surface area contributed by atoms with Gasteiger partial charge in [-0.05, 0) is 25.2 Å². The third-order valence-electron chi connectivity index (χ3n) is 4.65. The molecule has 132 valence electrons. The average Bonchev–Trinajstić information content (AvgIpc) is 2.59. The molecule has 4 heteroatoms. The lowest BCUT2D eigenvalue weighted by molar-refractivity contribution is -0.161. The fourth-order valence-electron chi connectivity index (χ4n) is 2.80. The van der Waals surface area contributed by atoms with E-state index in [2.05, 4.69) is 20.8 Å². The summed E-state index contributed by atoms with van der Waals surface area (Å²) >= 11 is 0. The van der Waals surface area contributed by atoms with Gasteiger partial charge in [-0.15, -0.1) is 0 Å². The van der Waals surface area contributed by atoms with Gasteiger partial charge in [0.2, 0.25) is 0 Å². The zero-order chi connectivity index (χ0) is 17.1. The van der Waals surface area contributed by atoms with Gasteiger partial charge < -0.3 is 9.47 Å². The second-order valence-corrected chi connectivity index (χ2v) is 6.34. The van der Waals surface area contributed by atoms with E-state index in [1.165, 1.54) is 0 Å². The molecule has 0 aliphatic heterocycles. The molecular weight excluding hydrogens is 292 g/mol. The quantitative estimate of drug-likeness (QED) is 0.342. The second kappa shape index (κ2) is 11.3. The van der Waals surface area contributed by atoms with E-state index in [0.29, 0.717) is 32.0 Å². The highest BCUT2D eigenvalue weighted by atomic mass is 16.5. The van der Waals surface area contributed by atoms with Gasteiger partial charge in [-0.1, -0.05) is 58.6 Å². The number of carbonyl (C=O) groups is 2. The predicted molar refractivity (Wildman–Crippen MR) is 90.9 cm³/mol. The maximum absolute atomic E-state index is 12.4. The lowest BCUT2D eigenvalue weighted by atomic mass is 9.83. The molecule has 1 aliphatic carbocycles. The van der Waals surface area contributed by atoms with Crippen LogP contribution in [-0.2, 0) is 19.1 Å². The maximum Gasteiger partial charge on any atom is 0.310 e. The molecular formula is C19H32O4. The van der Waals surface area contributed by atoms with Crippen LogP contribution in [-0.4, -0.2) is 25.2 Å². The molecule has 1 rings (SSSR count). The Hall–Kier alpha value is -1.32. The minimum atomic E-state index is -0.395. The molecule has 0 radical (unpaired) electrons. The summed E-state index contributed by atoms with van der Waals surface area (Å²) in [6.45, 7) is 7.20. The van der Waals surface area contributed by atoms with E-state index in [1.807, 2.05) is 12.2 Å². The van der Waals surface area contributed by atoms with Gasteiger partial charge in [-0.3, -0.25) is 9.59 Å². The van der Waals surface area contributed by atoms with Gasteiger partial charge in [0.1, 0.15) is 0 Å². The van der Waals surface area contributed by atoms with Crippen molar-refractivity contribution in [3.63, 3.8) is 0 Å². The Bertz CT molecular complexity index is 385. The molecule has 0 aromatic carbocycles. The SMILES string of the molecule is CCCCCOC(=O)C1CC=CCC1C(=O)OCC(CC)CC. The van der Waals surface area contributed by atoms with Crippen molar-refractivity contribution >= 4 is 11.9 Å². The van der Waals surface area contributed by atoms with Crippen molar-refractivity contribution in [2.24, 2.45) is 17.8 Å². The van der Waals surface area contributed by atoms with E-state index in [-0.39, 0.29) is 11.9 Å². The number of unbranched alkanes of at least 4 members (excludes halogenated alkanes) is 2. The van der Waals surface area contributed by atoms with E-state index in [4.69, 9.17) is 9.47 Å². The molecule has 0 saturated carbocycles. The number of hydrogen-bond acceptors (Lipinski definition) is 4. The molecule has 23 heavy (non-hydrogen) atoms. The van der Waals surface area contributed by atoms with E-state index in [1.54, 1.807) is 0 Å². The van der Waals surface area contributed by atoms with Crippen LogP contribution in [0.15, 0.2) is 12.2 Å². The van der Waals surface area contributed by atoms with Gasteiger partial charge >= 0.3 is 11.9 Å². The number of carbonyl (C=O) groups excluding carboxylic acids is 2. The van der Waals surface area contributed by atoms with Crippen LogP contribution >= 0.6 is 0 Å². The first-order chi connectivity index (χ1) is 11.1. The van der Waals surface area contributed by atoms with Crippen molar-refractivity contribution < 1.29 is 19.1 Å². The molecule has 0 spiro atoms. The molecule has 0 amide bonds. The molecule has 0 heterocycles. The third kappa shape index (κ3) is 6.76. The normalized spacial score (nSPS) is 20.5.